The number of rotatable bonds is 13. The second-order valence-electron chi connectivity index (χ2n) is 5.81. The minimum atomic E-state index is -0.665. The molecule has 0 saturated heterocycles. The van der Waals surface area contributed by atoms with Crippen LogP contribution >= 0.6 is 0 Å². The van der Waals surface area contributed by atoms with Gasteiger partial charge < -0.3 is 5.11 Å². The Labute approximate surface area is 128 Å². The van der Waals surface area contributed by atoms with Crippen molar-refractivity contribution in [1.29, 1.82) is 0 Å². The topological polar surface area (TPSA) is 46.1 Å². The van der Waals surface area contributed by atoms with Gasteiger partial charge in [-0.05, 0) is 26.2 Å². The summed E-state index contributed by atoms with van der Waals surface area (Å²) < 4.78 is 4.47. The molecule has 1 rings (SSSR count). The molecule has 0 saturated carbocycles. The average molecular weight is 295 g/mol. The van der Waals surface area contributed by atoms with E-state index in [1.165, 1.54) is 44.9 Å². The van der Waals surface area contributed by atoms with Crippen LogP contribution in [0.2, 0.25) is 0 Å². The lowest BCUT2D eigenvalue weighted by Gasteiger charge is -2.01. The number of aliphatic carboxylic acids is 1. The highest BCUT2D eigenvalue weighted by atomic mass is 16.4. The third-order valence-electron chi connectivity index (χ3n) is 3.92. The van der Waals surface area contributed by atoms with Gasteiger partial charge in [0.25, 0.3) is 0 Å². The first-order valence-electron chi connectivity index (χ1n) is 8.49. The Hall–Kier alpha value is -1.32. The highest BCUT2D eigenvalue weighted by Gasteiger charge is 2.01. The molecule has 0 aliphatic rings. The quantitative estimate of drug-likeness (QED) is 0.444. The number of imidazole rings is 1. The Morgan fingerprint density at radius 2 is 1.57 bits per heavy atom. The largest absolute Gasteiger partial charge is 0.481 e. The van der Waals surface area contributed by atoms with Crippen molar-refractivity contribution in [2.45, 2.75) is 84.2 Å². The predicted octanol–water partition coefficient (Wildman–Crippen LogP) is 3.78. The van der Waals surface area contributed by atoms with E-state index in [0.29, 0.717) is 6.42 Å². The maximum Gasteiger partial charge on any atom is 0.303 e. The molecule has 0 aromatic carbocycles. The minimum Gasteiger partial charge on any atom is -0.481 e. The SMILES string of the molecule is CCn1cc[n+](CCCCCCCCCCCC(=O)O)c1. The molecule has 0 fully saturated rings. The standard InChI is InChI=1S/C17H30N2O2/c1-2-18-14-15-19(16-18)13-11-9-7-5-3-4-6-8-10-12-17(20)21/h14-16H,2-13H2,1H3/p+1. The van der Waals surface area contributed by atoms with Crippen molar-refractivity contribution in [1.82, 2.24) is 4.57 Å². The van der Waals surface area contributed by atoms with Gasteiger partial charge in [-0.2, -0.15) is 0 Å². The summed E-state index contributed by atoms with van der Waals surface area (Å²) >= 11 is 0. The van der Waals surface area contributed by atoms with Gasteiger partial charge >= 0.3 is 5.97 Å². The molecular formula is C17H31N2O2+. The molecule has 0 aliphatic carbocycles. The second-order valence-corrected chi connectivity index (χ2v) is 5.81. The zero-order chi connectivity index (χ0) is 15.3. The van der Waals surface area contributed by atoms with Gasteiger partial charge in [0.2, 0.25) is 6.33 Å². The smallest absolute Gasteiger partial charge is 0.303 e. The molecule has 21 heavy (non-hydrogen) atoms. The van der Waals surface area contributed by atoms with Gasteiger partial charge in [-0.25, -0.2) is 9.13 Å². The van der Waals surface area contributed by atoms with E-state index in [4.69, 9.17) is 5.11 Å². The van der Waals surface area contributed by atoms with Gasteiger partial charge in [0.05, 0.1) is 13.1 Å². The minimum absolute atomic E-state index is 0.331. The molecule has 1 aromatic rings. The van der Waals surface area contributed by atoms with Gasteiger partial charge in [-0.15, -0.1) is 0 Å². The summed E-state index contributed by atoms with van der Waals surface area (Å²) in [5, 5.41) is 8.53. The average Bonchev–Trinajstić information content (AvgIpc) is 2.92. The zero-order valence-electron chi connectivity index (χ0n) is 13.5. The van der Waals surface area contributed by atoms with Crippen LogP contribution in [0, 0.1) is 0 Å². The van der Waals surface area contributed by atoms with Crippen molar-refractivity contribution >= 4 is 5.97 Å². The molecule has 4 nitrogen and oxygen atoms in total. The van der Waals surface area contributed by atoms with Crippen molar-refractivity contribution in [2.75, 3.05) is 0 Å². The molecule has 0 unspecified atom stereocenters. The fourth-order valence-corrected chi connectivity index (χ4v) is 2.57. The molecule has 0 atom stereocenters. The number of hydrogen-bond donors (Lipinski definition) is 1. The number of hydrogen-bond acceptors (Lipinski definition) is 1. The maximum atomic E-state index is 10.4. The van der Waals surface area contributed by atoms with E-state index in [2.05, 4.69) is 34.8 Å². The first kappa shape index (κ1) is 17.7. The number of carboxylic acid groups (broad SMARTS) is 1. The highest BCUT2D eigenvalue weighted by molar-refractivity contribution is 5.66. The molecule has 4 heteroatoms. The van der Waals surface area contributed by atoms with Crippen molar-refractivity contribution in [3.8, 4) is 0 Å². The predicted molar refractivity (Wildman–Crippen MR) is 84.1 cm³/mol. The number of aromatic nitrogens is 2. The highest BCUT2D eigenvalue weighted by Crippen LogP contribution is 2.10. The number of carboxylic acids is 1. The van der Waals surface area contributed by atoms with Gasteiger partial charge in [0.1, 0.15) is 12.4 Å². The van der Waals surface area contributed by atoms with Gasteiger partial charge in [-0.1, -0.05) is 38.5 Å². The summed E-state index contributed by atoms with van der Waals surface area (Å²) in [6, 6.07) is 0. The third-order valence-corrected chi connectivity index (χ3v) is 3.92. The molecule has 1 N–H and O–H groups in total. The molecule has 1 aromatic heterocycles. The fourth-order valence-electron chi connectivity index (χ4n) is 2.57. The van der Waals surface area contributed by atoms with Crippen molar-refractivity contribution in [2.24, 2.45) is 0 Å². The summed E-state index contributed by atoms with van der Waals surface area (Å²) in [5.74, 6) is -0.665. The van der Waals surface area contributed by atoms with Crippen molar-refractivity contribution in [3.05, 3.63) is 18.7 Å². The molecular weight excluding hydrogens is 264 g/mol. The first-order valence-corrected chi connectivity index (χ1v) is 8.49. The van der Waals surface area contributed by atoms with E-state index in [1.807, 2.05) is 0 Å². The Morgan fingerprint density at radius 1 is 1.00 bits per heavy atom. The Balaban J connectivity index is 1.83. The van der Waals surface area contributed by atoms with Crippen LogP contribution in [0.1, 0.15) is 71.1 Å². The Morgan fingerprint density at radius 3 is 2.10 bits per heavy atom. The van der Waals surface area contributed by atoms with Crippen LogP contribution < -0.4 is 4.57 Å². The van der Waals surface area contributed by atoms with Crippen LogP contribution in [0.25, 0.3) is 0 Å². The van der Waals surface area contributed by atoms with Crippen LogP contribution in [0.15, 0.2) is 18.7 Å². The fraction of sp³-hybridized carbons (Fsp3) is 0.765. The van der Waals surface area contributed by atoms with Crippen molar-refractivity contribution < 1.29 is 14.5 Å². The summed E-state index contributed by atoms with van der Waals surface area (Å²) in [6.07, 6.45) is 17.7. The molecule has 0 spiro atoms. The van der Waals surface area contributed by atoms with E-state index in [1.54, 1.807) is 0 Å². The monoisotopic (exact) mass is 295 g/mol. The van der Waals surface area contributed by atoms with Gasteiger partial charge in [0, 0.05) is 6.42 Å². The summed E-state index contributed by atoms with van der Waals surface area (Å²) in [7, 11) is 0. The van der Waals surface area contributed by atoms with Crippen molar-refractivity contribution in [3.63, 3.8) is 0 Å². The number of carbonyl (C=O) groups is 1. The van der Waals surface area contributed by atoms with Crippen LogP contribution in [0.4, 0.5) is 0 Å². The lowest BCUT2D eigenvalue weighted by atomic mass is 10.1. The summed E-state index contributed by atoms with van der Waals surface area (Å²) in [5.41, 5.74) is 0. The van der Waals surface area contributed by atoms with E-state index in [0.717, 1.165) is 25.9 Å². The normalized spacial score (nSPS) is 10.9. The van der Waals surface area contributed by atoms with Crippen LogP contribution in [-0.2, 0) is 17.9 Å². The molecule has 0 bridgehead atoms. The van der Waals surface area contributed by atoms with Gasteiger partial charge in [0.15, 0.2) is 0 Å². The van der Waals surface area contributed by atoms with Crippen LogP contribution in [0.5, 0.6) is 0 Å². The zero-order valence-corrected chi connectivity index (χ0v) is 13.5. The van der Waals surface area contributed by atoms with E-state index < -0.39 is 5.97 Å². The third kappa shape index (κ3) is 9.27. The molecule has 120 valence electrons. The van der Waals surface area contributed by atoms with Crippen LogP contribution in [0.3, 0.4) is 0 Å². The first-order chi connectivity index (χ1) is 10.2. The Kier molecular flexibility index (Phi) is 9.58. The summed E-state index contributed by atoms with van der Waals surface area (Å²) in [6.45, 7) is 4.33. The number of unbranched alkanes of at least 4 members (excludes halogenated alkanes) is 8. The van der Waals surface area contributed by atoms with E-state index in [-0.39, 0.29) is 0 Å². The number of aryl methyl sites for hydroxylation is 2. The lowest BCUT2D eigenvalue weighted by Crippen LogP contribution is -2.30. The van der Waals surface area contributed by atoms with Gasteiger partial charge in [-0.3, -0.25) is 4.79 Å². The molecule has 1 heterocycles. The molecule has 0 amide bonds. The van der Waals surface area contributed by atoms with Crippen LogP contribution in [-0.4, -0.2) is 15.6 Å². The summed E-state index contributed by atoms with van der Waals surface area (Å²) in [4.78, 5) is 10.4. The van der Waals surface area contributed by atoms with E-state index in [9.17, 15) is 4.79 Å². The maximum absolute atomic E-state index is 10.4. The Bertz CT molecular complexity index is 388. The van der Waals surface area contributed by atoms with E-state index >= 15 is 0 Å². The number of nitrogens with zero attached hydrogens (tertiary/aromatic N) is 2. The second kappa shape index (κ2) is 11.4. The lowest BCUT2D eigenvalue weighted by molar-refractivity contribution is -0.696. The molecule has 0 aliphatic heterocycles. The molecule has 0 radical (unpaired) electrons.